The second kappa shape index (κ2) is 4.80. The zero-order valence-electron chi connectivity index (χ0n) is 8.67. The number of methoxy groups -OCH3 is 1. The minimum atomic E-state index is -0.534. The smallest absolute Gasteiger partial charge is 0.310 e. The van der Waals surface area contributed by atoms with Gasteiger partial charge in [0.25, 0.3) is 0 Å². The van der Waals surface area contributed by atoms with E-state index in [1.807, 2.05) is 0 Å². The minimum Gasteiger partial charge on any atom is -0.504 e. The Bertz CT molecular complexity index is 414. The van der Waals surface area contributed by atoms with E-state index in [1.165, 1.54) is 14.0 Å². The van der Waals surface area contributed by atoms with E-state index in [0.29, 0.717) is 0 Å². The molecular formula is C10H10Cl2O4. The summed E-state index contributed by atoms with van der Waals surface area (Å²) in [7, 11) is 1.23. The molecule has 6 heteroatoms. The lowest BCUT2D eigenvalue weighted by atomic mass is 10.1. The highest BCUT2D eigenvalue weighted by Gasteiger charge is 2.21. The van der Waals surface area contributed by atoms with Crippen molar-refractivity contribution in [3.63, 3.8) is 0 Å². The van der Waals surface area contributed by atoms with Gasteiger partial charge in [0.2, 0.25) is 0 Å². The lowest BCUT2D eigenvalue weighted by Gasteiger charge is -2.12. The number of carbonyl (C=O) groups excluding carboxylic acids is 1. The molecule has 0 bridgehead atoms. The number of hydrogen-bond donors (Lipinski definition) is 2. The van der Waals surface area contributed by atoms with Crippen LogP contribution in [0.4, 0.5) is 0 Å². The van der Waals surface area contributed by atoms with Crippen molar-refractivity contribution in [1.29, 1.82) is 0 Å². The van der Waals surface area contributed by atoms with Crippen molar-refractivity contribution in [2.24, 2.45) is 0 Å². The van der Waals surface area contributed by atoms with Gasteiger partial charge < -0.3 is 14.9 Å². The van der Waals surface area contributed by atoms with Crippen LogP contribution in [0.15, 0.2) is 0 Å². The topological polar surface area (TPSA) is 66.8 Å². The monoisotopic (exact) mass is 264 g/mol. The first-order valence-electron chi connectivity index (χ1n) is 4.35. The molecule has 0 amide bonds. The van der Waals surface area contributed by atoms with Gasteiger partial charge in [-0.3, -0.25) is 4.79 Å². The van der Waals surface area contributed by atoms with Crippen LogP contribution in [0.3, 0.4) is 0 Å². The van der Waals surface area contributed by atoms with Gasteiger partial charge in [0, 0.05) is 11.1 Å². The van der Waals surface area contributed by atoms with Crippen LogP contribution in [0.1, 0.15) is 11.1 Å². The zero-order valence-corrected chi connectivity index (χ0v) is 10.2. The molecule has 1 aromatic carbocycles. The Morgan fingerprint density at radius 3 is 2.31 bits per heavy atom. The first-order valence-corrected chi connectivity index (χ1v) is 5.10. The second-order valence-corrected chi connectivity index (χ2v) is 3.94. The summed E-state index contributed by atoms with van der Waals surface area (Å²) in [5.41, 5.74) is 0.505. The van der Waals surface area contributed by atoms with Gasteiger partial charge >= 0.3 is 5.97 Å². The third kappa shape index (κ3) is 2.18. The van der Waals surface area contributed by atoms with Gasteiger partial charge in [-0.05, 0) is 6.92 Å². The maximum absolute atomic E-state index is 11.1. The fourth-order valence-electron chi connectivity index (χ4n) is 1.22. The lowest BCUT2D eigenvalue weighted by molar-refractivity contribution is -0.139. The molecule has 1 rings (SSSR count). The number of phenolic OH excluding ortho intramolecular Hbond substituents is 2. The highest BCUT2D eigenvalue weighted by atomic mass is 35.5. The van der Waals surface area contributed by atoms with Crippen molar-refractivity contribution >= 4 is 29.2 Å². The second-order valence-electron chi connectivity index (χ2n) is 3.18. The van der Waals surface area contributed by atoms with E-state index >= 15 is 0 Å². The molecule has 0 atom stereocenters. The molecule has 0 saturated heterocycles. The van der Waals surface area contributed by atoms with Gasteiger partial charge in [-0.2, -0.15) is 0 Å². The molecule has 0 aliphatic rings. The van der Waals surface area contributed by atoms with Crippen LogP contribution in [-0.2, 0) is 16.0 Å². The van der Waals surface area contributed by atoms with E-state index in [-0.39, 0.29) is 33.3 Å². The molecule has 0 aliphatic carbocycles. The molecule has 0 aliphatic heterocycles. The number of phenols is 2. The predicted molar refractivity (Wildman–Crippen MR) is 60.2 cm³/mol. The fourth-order valence-corrected chi connectivity index (χ4v) is 1.77. The molecule has 88 valence electrons. The lowest BCUT2D eigenvalue weighted by Crippen LogP contribution is -2.06. The van der Waals surface area contributed by atoms with Crippen LogP contribution >= 0.6 is 23.2 Å². The summed E-state index contributed by atoms with van der Waals surface area (Å²) in [4.78, 5) is 11.1. The maximum atomic E-state index is 11.1. The van der Waals surface area contributed by atoms with E-state index in [9.17, 15) is 15.0 Å². The Balaban J connectivity index is 3.34. The van der Waals surface area contributed by atoms with Crippen molar-refractivity contribution in [3.05, 3.63) is 21.2 Å². The molecule has 2 N–H and O–H groups in total. The summed E-state index contributed by atoms with van der Waals surface area (Å²) >= 11 is 11.7. The van der Waals surface area contributed by atoms with Crippen LogP contribution in [0.5, 0.6) is 11.5 Å². The number of aromatic hydroxyl groups is 2. The molecule has 0 saturated carbocycles. The zero-order chi connectivity index (χ0) is 12.5. The maximum Gasteiger partial charge on any atom is 0.310 e. The number of carbonyl (C=O) groups is 1. The molecule has 0 radical (unpaired) electrons. The highest BCUT2D eigenvalue weighted by molar-refractivity contribution is 6.38. The highest BCUT2D eigenvalue weighted by Crippen LogP contribution is 2.43. The fraction of sp³-hybridized carbons (Fsp3) is 0.300. The van der Waals surface area contributed by atoms with E-state index in [2.05, 4.69) is 4.74 Å². The van der Waals surface area contributed by atoms with Gasteiger partial charge in [-0.15, -0.1) is 0 Å². The van der Waals surface area contributed by atoms with Gasteiger partial charge in [-0.1, -0.05) is 23.2 Å². The van der Waals surface area contributed by atoms with Crippen molar-refractivity contribution in [2.75, 3.05) is 7.11 Å². The number of ether oxygens (including phenoxy) is 1. The van der Waals surface area contributed by atoms with Crippen LogP contribution in [0.25, 0.3) is 0 Å². The molecular weight excluding hydrogens is 255 g/mol. The number of esters is 1. The Morgan fingerprint density at radius 1 is 1.25 bits per heavy atom. The average molecular weight is 265 g/mol. The standard InChI is InChI=1S/C10H10Cl2O4/c1-4-7(11)5(3-6(13)16-2)8(12)10(15)9(4)14/h14-15H,3H2,1-2H3. The summed E-state index contributed by atoms with van der Waals surface area (Å²) in [6.07, 6.45) is -0.164. The van der Waals surface area contributed by atoms with Crippen molar-refractivity contribution < 1.29 is 19.7 Å². The van der Waals surface area contributed by atoms with Crippen LogP contribution < -0.4 is 0 Å². The Morgan fingerprint density at radius 2 is 1.81 bits per heavy atom. The average Bonchev–Trinajstić information content (AvgIpc) is 2.29. The normalized spacial score (nSPS) is 10.2. The first kappa shape index (κ1) is 12.9. The Hall–Kier alpha value is -1.13. The summed E-state index contributed by atoms with van der Waals surface area (Å²) in [5.74, 6) is -1.40. The molecule has 0 spiro atoms. The minimum absolute atomic E-state index is 0.140. The summed E-state index contributed by atoms with van der Waals surface area (Å²) in [6.45, 7) is 1.51. The molecule has 4 nitrogen and oxygen atoms in total. The first-order chi connectivity index (χ1) is 7.40. The number of hydrogen-bond acceptors (Lipinski definition) is 4. The third-order valence-electron chi connectivity index (χ3n) is 2.20. The summed E-state index contributed by atoms with van der Waals surface area (Å²) < 4.78 is 4.47. The largest absolute Gasteiger partial charge is 0.504 e. The van der Waals surface area contributed by atoms with Crippen molar-refractivity contribution in [2.45, 2.75) is 13.3 Å². The van der Waals surface area contributed by atoms with Gasteiger partial charge in [0.1, 0.15) is 0 Å². The van der Waals surface area contributed by atoms with E-state index in [1.54, 1.807) is 0 Å². The van der Waals surface area contributed by atoms with Gasteiger partial charge in [-0.25, -0.2) is 0 Å². The number of rotatable bonds is 2. The van der Waals surface area contributed by atoms with Crippen LogP contribution in [0, 0.1) is 6.92 Å². The van der Waals surface area contributed by atoms with Gasteiger partial charge in [0.05, 0.1) is 23.6 Å². The third-order valence-corrected chi connectivity index (χ3v) is 3.11. The predicted octanol–water partition coefficient (Wildman–Crippen LogP) is 2.43. The molecule has 1 aromatic rings. The van der Waals surface area contributed by atoms with E-state index in [0.717, 1.165) is 0 Å². The Labute approximate surface area is 102 Å². The van der Waals surface area contributed by atoms with Crippen LogP contribution in [-0.4, -0.2) is 23.3 Å². The summed E-state index contributed by atoms with van der Waals surface area (Å²) in [5, 5.41) is 18.9. The number of benzene rings is 1. The molecule has 16 heavy (non-hydrogen) atoms. The van der Waals surface area contributed by atoms with Crippen molar-refractivity contribution in [3.8, 4) is 11.5 Å². The quantitative estimate of drug-likeness (QED) is 0.636. The SMILES string of the molecule is COC(=O)Cc1c(Cl)c(C)c(O)c(O)c1Cl. The number of halogens is 2. The van der Waals surface area contributed by atoms with E-state index < -0.39 is 11.7 Å². The molecule has 0 unspecified atom stereocenters. The van der Waals surface area contributed by atoms with Gasteiger partial charge in [0.15, 0.2) is 11.5 Å². The molecule has 0 heterocycles. The van der Waals surface area contributed by atoms with Crippen LogP contribution in [0.2, 0.25) is 10.0 Å². The summed E-state index contributed by atoms with van der Waals surface area (Å²) in [6, 6.07) is 0. The molecule has 0 aromatic heterocycles. The van der Waals surface area contributed by atoms with E-state index in [4.69, 9.17) is 23.2 Å². The molecule has 0 fully saturated rings. The van der Waals surface area contributed by atoms with Crippen molar-refractivity contribution in [1.82, 2.24) is 0 Å². The Kier molecular flexibility index (Phi) is 3.88.